The highest BCUT2D eigenvalue weighted by Crippen LogP contribution is 2.36. The van der Waals surface area contributed by atoms with Gasteiger partial charge in [-0.1, -0.05) is 6.42 Å². The van der Waals surface area contributed by atoms with Crippen molar-refractivity contribution >= 4 is 0 Å². The summed E-state index contributed by atoms with van der Waals surface area (Å²) in [5, 5.41) is 3.50. The lowest BCUT2D eigenvalue weighted by Gasteiger charge is -2.38. The molecule has 2 unspecified atom stereocenters. The van der Waals surface area contributed by atoms with Crippen molar-refractivity contribution in [2.24, 2.45) is 5.92 Å². The lowest BCUT2D eigenvalue weighted by atomic mass is 9.92. The van der Waals surface area contributed by atoms with E-state index < -0.39 is 0 Å². The Morgan fingerprint density at radius 3 is 2.78 bits per heavy atom. The standard InChI is InChI=1S/C15H29N3/c1-4-14-5-2-10-18(15(14)6-1)13-12-17-9-3-7-16-8-11-17/h14-16H,1-13H2. The van der Waals surface area contributed by atoms with Gasteiger partial charge >= 0.3 is 0 Å². The average molecular weight is 251 g/mol. The van der Waals surface area contributed by atoms with Gasteiger partial charge in [0, 0.05) is 32.2 Å². The van der Waals surface area contributed by atoms with Gasteiger partial charge < -0.3 is 10.2 Å². The van der Waals surface area contributed by atoms with Crippen LogP contribution in [0.2, 0.25) is 0 Å². The molecule has 0 aromatic rings. The molecule has 0 bridgehead atoms. The fraction of sp³-hybridized carbons (Fsp3) is 1.00. The van der Waals surface area contributed by atoms with Crippen LogP contribution in [0.15, 0.2) is 0 Å². The van der Waals surface area contributed by atoms with E-state index in [1.54, 1.807) is 0 Å². The fourth-order valence-corrected chi connectivity index (χ4v) is 4.23. The third-order valence-corrected chi connectivity index (χ3v) is 5.24. The number of hydrogen-bond donors (Lipinski definition) is 1. The lowest BCUT2D eigenvalue weighted by molar-refractivity contribution is 0.0984. The minimum Gasteiger partial charge on any atom is -0.315 e. The maximum atomic E-state index is 3.50. The Labute approximate surface area is 112 Å². The third-order valence-electron chi connectivity index (χ3n) is 5.24. The molecule has 2 saturated heterocycles. The van der Waals surface area contributed by atoms with Crippen molar-refractivity contribution in [2.45, 2.75) is 44.6 Å². The van der Waals surface area contributed by atoms with Crippen molar-refractivity contribution < 1.29 is 0 Å². The van der Waals surface area contributed by atoms with Crippen molar-refractivity contribution in [3.8, 4) is 0 Å². The Morgan fingerprint density at radius 1 is 0.833 bits per heavy atom. The van der Waals surface area contributed by atoms with E-state index in [9.17, 15) is 0 Å². The van der Waals surface area contributed by atoms with E-state index in [1.807, 2.05) is 0 Å². The second-order valence-electron chi connectivity index (χ2n) is 6.38. The first-order chi connectivity index (χ1) is 8.93. The highest BCUT2D eigenvalue weighted by atomic mass is 15.2. The van der Waals surface area contributed by atoms with Gasteiger partial charge in [0.15, 0.2) is 0 Å². The molecular formula is C15H29N3. The van der Waals surface area contributed by atoms with Gasteiger partial charge in [-0.2, -0.15) is 0 Å². The smallest absolute Gasteiger partial charge is 0.0124 e. The molecule has 0 radical (unpaired) electrons. The van der Waals surface area contributed by atoms with Crippen LogP contribution in [0.3, 0.4) is 0 Å². The molecule has 1 N–H and O–H groups in total. The van der Waals surface area contributed by atoms with Crippen LogP contribution in [0.5, 0.6) is 0 Å². The molecule has 1 aliphatic carbocycles. The number of nitrogens with one attached hydrogen (secondary N) is 1. The van der Waals surface area contributed by atoms with Gasteiger partial charge in [0.1, 0.15) is 0 Å². The molecular weight excluding hydrogens is 222 g/mol. The summed E-state index contributed by atoms with van der Waals surface area (Å²) in [5.74, 6) is 1.05. The molecule has 3 rings (SSSR count). The number of hydrogen-bond acceptors (Lipinski definition) is 3. The van der Waals surface area contributed by atoms with Crippen LogP contribution in [0, 0.1) is 5.92 Å². The van der Waals surface area contributed by atoms with Crippen molar-refractivity contribution in [2.75, 3.05) is 45.8 Å². The first-order valence-corrected chi connectivity index (χ1v) is 8.10. The second-order valence-corrected chi connectivity index (χ2v) is 6.38. The van der Waals surface area contributed by atoms with E-state index in [0.717, 1.165) is 12.0 Å². The van der Waals surface area contributed by atoms with Gasteiger partial charge in [0.25, 0.3) is 0 Å². The van der Waals surface area contributed by atoms with E-state index in [-0.39, 0.29) is 0 Å². The lowest BCUT2D eigenvalue weighted by Crippen LogP contribution is -2.46. The molecule has 2 atom stereocenters. The number of rotatable bonds is 3. The van der Waals surface area contributed by atoms with Crippen molar-refractivity contribution in [3.05, 3.63) is 0 Å². The van der Waals surface area contributed by atoms with E-state index in [2.05, 4.69) is 15.1 Å². The SMILES string of the molecule is C1CC2CCCN(CCN3CCCNCC3)C2C1. The predicted molar refractivity (Wildman–Crippen MR) is 75.9 cm³/mol. The largest absolute Gasteiger partial charge is 0.315 e. The zero-order chi connectivity index (χ0) is 12.2. The van der Waals surface area contributed by atoms with Crippen LogP contribution in [0.4, 0.5) is 0 Å². The Bertz CT molecular complexity index is 248. The van der Waals surface area contributed by atoms with Crippen LogP contribution in [-0.2, 0) is 0 Å². The van der Waals surface area contributed by atoms with Crippen LogP contribution >= 0.6 is 0 Å². The molecule has 0 aromatic heterocycles. The third kappa shape index (κ3) is 3.06. The number of piperidine rings is 1. The summed E-state index contributed by atoms with van der Waals surface area (Å²) in [6.45, 7) is 8.94. The Kier molecular flexibility index (Phi) is 4.55. The van der Waals surface area contributed by atoms with Crippen molar-refractivity contribution in [3.63, 3.8) is 0 Å². The van der Waals surface area contributed by atoms with Crippen molar-refractivity contribution in [1.82, 2.24) is 15.1 Å². The number of fused-ring (bicyclic) bond motifs is 1. The monoisotopic (exact) mass is 251 g/mol. The zero-order valence-electron chi connectivity index (χ0n) is 11.7. The van der Waals surface area contributed by atoms with Gasteiger partial charge in [-0.3, -0.25) is 4.90 Å². The van der Waals surface area contributed by atoms with Crippen LogP contribution in [-0.4, -0.2) is 61.7 Å². The summed E-state index contributed by atoms with van der Waals surface area (Å²) in [4.78, 5) is 5.48. The maximum absolute atomic E-state index is 3.50. The molecule has 3 aliphatic rings. The Balaban J connectivity index is 1.46. The highest BCUT2D eigenvalue weighted by Gasteiger charge is 2.34. The van der Waals surface area contributed by atoms with Crippen LogP contribution in [0.1, 0.15) is 38.5 Å². The molecule has 3 heteroatoms. The van der Waals surface area contributed by atoms with E-state index in [0.29, 0.717) is 0 Å². The molecule has 3 fully saturated rings. The second kappa shape index (κ2) is 6.36. The molecule has 1 saturated carbocycles. The summed E-state index contributed by atoms with van der Waals surface area (Å²) in [6, 6.07) is 0.948. The molecule has 0 spiro atoms. The number of likely N-dealkylation sites (tertiary alicyclic amines) is 1. The first-order valence-electron chi connectivity index (χ1n) is 8.10. The molecule has 2 heterocycles. The van der Waals surface area contributed by atoms with E-state index >= 15 is 0 Å². The molecule has 18 heavy (non-hydrogen) atoms. The van der Waals surface area contributed by atoms with E-state index in [4.69, 9.17) is 0 Å². The Morgan fingerprint density at radius 2 is 1.78 bits per heavy atom. The van der Waals surface area contributed by atoms with Crippen LogP contribution in [0.25, 0.3) is 0 Å². The predicted octanol–water partition coefficient (Wildman–Crippen LogP) is 1.55. The minimum atomic E-state index is 0.948. The van der Waals surface area contributed by atoms with Gasteiger partial charge in [0.05, 0.1) is 0 Å². The highest BCUT2D eigenvalue weighted by molar-refractivity contribution is 4.89. The zero-order valence-corrected chi connectivity index (χ0v) is 11.7. The summed E-state index contributed by atoms with van der Waals surface area (Å²) in [6.07, 6.45) is 8.75. The maximum Gasteiger partial charge on any atom is 0.0124 e. The minimum absolute atomic E-state index is 0.948. The van der Waals surface area contributed by atoms with Gasteiger partial charge in [-0.15, -0.1) is 0 Å². The fourth-order valence-electron chi connectivity index (χ4n) is 4.23. The quantitative estimate of drug-likeness (QED) is 0.821. The normalized spacial score (nSPS) is 35.3. The summed E-state index contributed by atoms with van der Waals surface area (Å²) in [7, 11) is 0. The molecule has 0 aromatic carbocycles. The molecule has 3 nitrogen and oxygen atoms in total. The van der Waals surface area contributed by atoms with Crippen LogP contribution < -0.4 is 5.32 Å². The Hall–Kier alpha value is -0.120. The van der Waals surface area contributed by atoms with Gasteiger partial charge in [-0.25, -0.2) is 0 Å². The molecule has 0 amide bonds. The molecule has 104 valence electrons. The summed E-state index contributed by atoms with van der Waals surface area (Å²) < 4.78 is 0. The van der Waals surface area contributed by atoms with E-state index in [1.165, 1.54) is 84.3 Å². The average Bonchev–Trinajstić information content (AvgIpc) is 2.73. The topological polar surface area (TPSA) is 18.5 Å². The van der Waals surface area contributed by atoms with Crippen molar-refractivity contribution in [1.29, 1.82) is 0 Å². The summed E-state index contributed by atoms with van der Waals surface area (Å²) >= 11 is 0. The summed E-state index contributed by atoms with van der Waals surface area (Å²) in [5.41, 5.74) is 0. The van der Waals surface area contributed by atoms with Gasteiger partial charge in [0.2, 0.25) is 0 Å². The van der Waals surface area contributed by atoms with Gasteiger partial charge in [-0.05, 0) is 57.7 Å². The number of nitrogens with zero attached hydrogens (tertiary/aromatic N) is 2. The molecule has 2 aliphatic heterocycles. The first kappa shape index (κ1) is 12.9.